The molecule has 25 heavy (non-hydrogen) atoms. The summed E-state index contributed by atoms with van der Waals surface area (Å²) in [5.41, 5.74) is 8.43. The number of ether oxygens (including phenoxy) is 2. The molecule has 122 valence electrons. The van der Waals surface area contributed by atoms with Crippen molar-refractivity contribution in [3.8, 4) is 23.0 Å². The van der Waals surface area contributed by atoms with E-state index in [1.165, 1.54) is 27.6 Å². The smallest absolute Gasteiger partial charge is 0.260 e. The topological polar surface area (TPSA) is 18.5 Å². The number of fused-ring (bicyclic) bond motifs is 4. The molecule has 2 heterocycles. The van der Waals surface area contributed by atoms with E-state index in [0.717, 1.165) is 34.0 Å². The van der Waals surface area contributed by atoms with Crippen LogP contribution in [0.25, 0.3) is 0 Å². The molecule has 0 amide bonds. The Balaban J connectivity index is 1.87. The molecule has 0 aromatic heterocycles. The van der Waals surface area contributed by atoms with E-state index in [0.29, 0.717) is 0 Å². The van der Waals surface area contributed by atoms with Gasteiger partial charge >= 0.3 is 0 Å². The first kappa shape index (κ1) is 14.6. The molecule has 3 heteroatoms. The summed E-state index contributed by atoms with van der Waals surface area (Å²) in [6, 6.07) is 15.1. The first-order valence-corrected chi connectivity index (χ1v) is 8.74. The Morgan fingerprint density at radius 2 is 1.36 bits per heavy atom. The van der Waals surface area contributed by atoms with Crippen molar-refractivity contribution in [1.82, 2.24) is 0 Å². The Labute approximate surface area is 148 Å². The summed E-state index contributed by atoms with van der Waals surface area (Å²) in [7, 11) is 0. The first-order valence-electron chi connectivity index (χ1n) is 8.74. The van der Waals surface area contributed by atoms with E-state index >= 15 is 0 Å². The maximum absolute atomic E-state index is 6.38. The third-order valence-corrected chi connectivity index (χ3v) is 5.47. The summed E-state index contributed by atoms with van der Waals surface area (Å²) < 4.78 is 12.7. The number of benzene rings is 3. The fourth-order valence-electron chi connectivity index (χ4n) is 4.03. The summed E-state index contributed by atoms with van der Waals surface area (Å²) in [5.74, 6) is 3.80. The minimum Gasteiger partial charge on any atom is -0.458 e. The van der Waals surface area contributed by atoms with Crippen LogP contribution in [0, 0.1) is 27.7 Å². The second-order valence-corrected chi connectivity index (χ2v) is 7.28. The van der Waals surface area contributed by atoms with Crippen LogP contribution in [-0.2, 0) is 0 Å². The van der Waals surface area contributed by atoms with Gasteiger partial charge in [0.2, 0.25) is 0 Å². The molecule has 0 bridgehead atoms. The van der Waals surface area contributed by atoms with Gasteiger partial charge in [-0.2, -0.15) is 0 Å². The van der Waals surface area contributed by atoms with Gasteiger partial charge in [0, 0.05) is 5.46 Å². The predicted molar refractivity (Wildman–Crippen MR) is 103 cm³/mol. The Kier molecular flexibility index (Phi) is 2.88. The standard InChI is InChI=1S/C22H19BO2/c1-12-5-7-16-18(9-12)24-19-10-13(2)11-20-21(19)23(16)17-8-6-14(3)15(4)22(17)25-20/h5-11H,1-4H3. The van der Waals surface area contributed by atoms with Crippen molar-refractivity contribution in [2.45, 2.75) is 27.7 Å². The highest BCUT2D eigenvalue weighted by molar-refractivity contribution is 6.98. The van der Waals surface area contributed by atoms with Crippen LogP contribution in [0.3, 0.4) is 0 Å². The molecule has 2 nitrogen and oxygen atoms in total. The summed E-state index contributed by atoms with van der Waals surface area (Å²) in [6.45, 7) is 8.63. The molecule has 2 aliphatic heterocycles. The highest BCUT2D eigenvalue weighted by Gasteiger charge is 2.40. The number of hydrogen-bond acceptors (Lipinski definition) is 2. The van der Waals surface area contributed by atoms with Crippen LogP contribution in [0.1, 0.15) is 22.3 Å². The van der Waals surface area contributed by atoms with Crippen molar-refractivity contribution in [2.24, 2.45) is 0 Å². The highest BCUT2D eigenvalue weighted by Crippen LogP contribution is 2.37. The molecule has 0 fully saturated rings. The predicted octanol–water partition coefficient (Wildman–Crippen LogP) is 3.65. The van der Waals surface area contributed by atoms with E-state index in [4.69, 9.17) is 9.47 Å². The molecule has 0 unspecified atom stereocenters. The maximum atomic E-state index is 6.38. The molecule has 0 N–H and O–H groups in total. The molecule has 0 radical (unpaired) electrons. The first-order chi connectivity index (χ1) is 12.0. The SMILES string of the molecule is Cc1ccc2c(c1)Oc1cc(C)cc3c1B2c1ccc(C)c(C)c1O3. The van der Waals surface area contributed by atoms with Gasteiger partial charge in [0.25, 0.3) is 6.71 Å². The van der Waals surface area contributed by atoms with Crippen LogP contribution in [0.2, 0.25) is 0 Å². The van der Waals surface area contributed by atoms with Crippen LogP contribution in [0.5, 0.6) is 23.0 Å². The van der Waals surface area contributed by atoms with Crippen molar-refractivity contribution >= 4 is 23.1 Å². The average molecular weight is 326 g/mol. The summed E-state index contributed by atoms with van der Waals surface area (Å²) in [6.07, 6.45) is 0. The zero-order chi connectivity index (χ0) is 17.3. The monoisotopic (exact) mass is 326 g/mol. The summed E-state index contributed by atoms with van der Waals surface area (Å²) >= 11 is 0. The van der Waals surface area contributed by atoms with Crippen molar-refractivity contribution < 1.29 is 9.47 Å². The minimum absolute atomic E-state index is 0.165. The fraction of sp³-hybridized carbons (Fsp3) is 0.182. The zero-order valence-corrected chi connectivity index (χ0v) is 14.9. The van der Waals surface area contributed by atoms with Gasteiger partial charge < -0.3 is 9.47 Å². The van der Waals surface area contributed by atoms with E-state index in [9.17, 15) is 0 Å². The minimum atomic E-state index is 0.165. The maximum Gasteiger partial charge on any atom is 0.260 e. The number of hydrogen-bond donors (Lipinski definition) is 0. The van der Waals surface area contributed by atoms with Crippen molar-refractivity contribution in [2.75, 3.05) is 0 Å². The molecular weight excluding hydrogens is 307 g/mol. The Morgan fingerprint density at radius 3 is 2.16 bits per heavy atom. The number of rotatable bonds is 0. The quantitative estimate of drug-likeness (QED) is 0.405. The molecule has 3 aromatic rings. The third kappa shape index (κ3) is 1.99. The molecule has 0 aliphatic carbocycles. The molecular formula is C22H19BO2. The van der Waals surface area contributed by atoms with E-state index in [-0.39, 0.29) is 6.71 Å². The van der Waals surface area contributed by atoms with Crippen molar-refractivity contribution in [3.05, 3.63) is 64.7 Å². The molecule has 2 aliphatic rings. The van der Waals surface area contributed by atoms with Gasteiger partial charge in [-0.25, -0.2) is 0 Å². The third-order valence-electron chi connectivity index (χ3n) is 5.47. The lowest BCUT2D eigenvalue weighted by molar-refractivity contribution is 0.461. The zero-order valence-electron chi connectivity index (χ0n) is 14.9. The van der Waals surface area contributed by atoms with Gasteiger partial charge in [0.05, 0.1) is 0 Å². The lowest BCUT2D eigenvalue weighted by atomic mass is 9.34. The van der Waals surface area contributed by atoms with Gasteiger partial charge in [-0.15, -0.1) is 0 Å². The highest BCUT2D eigenvalue weighted by atomic mass is 16.5. The number of aryl methyl sites for hydroxylation is 3. The lowest BCUT2D eigenvalue weighted by Gasteiger charge is -2.34. The summed E-state index contributed by atoms with van der Waals surface area (Å²) in [5, 5.41) is 0. The van der Waals surface area contributed by atoms with E-state index in [1.807, 2.05) is 0 Å². The second-order valence-electron chi connectivity index (χ2n) is 7.28. The van der Waals surface area contributed by atoms with Gasteiger partial charge in [-0.05, 0) is 79.1 Å². The Bertz CT molecular complexity index is 1050. The lowest BCUT2D eigenvalue weighted by Crippen LogP contribution is -2.57. The van der Waals surface area contributed by atoms with Gasteiger partial charge in [-0.1, -0.05) is 24.3 Å². The van der Waals surface area contributed by atoms with Gasteiger partial charge in [0.15, 0.2) is 0 Å². The van der Waals surface area contributed by atoms with Crippen LogP contribution in [0.15, 0.2) is 42.5 Å². The largest absolute Gasteiger partial charge is 0.458 e. The molecule has 0 saturated heterocycles. The fourth-order valence-corrected chi connectivity index (χ4v) is 4.03. The van der Waals surface area contributed by atoms with Gasteiger partial charge in [0.1, 0.15) is 23.0 Å². The van der Waals surface area contributed by atoms with Crippen molar-refractivity contribution in [3.63, 3.8) is 0 Å². The Morgan fingerprint density at radius 1 is 0.680 bits per heavy atom. The molecule has 3 aromatic carbocycles. The van der Waals surface area contributed by atoms with Crippen LogP contribution < -0.4 is 25.9 Å². The normalized spacial score (nSPS) is 13.4. The van der Waals surface area contributed by atoms with E-state index in [2.05, 4.69) is 70.2 Å². The van der Waals surface area contributed by atoms with Crippen LogP contribution >= 0.6 is 0 Å². The summed E-state index contributed by atoms with van der Waals surface area (Å²) in [4.78, 5) is 0. The van der Waals surface area contributed by atoms with E-state index < -0.39 is 0 Å². The van der Waals surface area contributed by atoms with Crippen LogP contribution in [-0.4, -0.2) is 6.71 Å². The Hall–Kier alpha value is -2.68. The molecule has 0 saturated carbocycles. The van der Waals surface area contributed by atoms with Gasteiger partial charge in [-0.3, -0.25) is 0 Å². The van der Waals surface area contributed by atoms with Crippen LogP contribution in [0.4, 0.5) is 0 Å². The van der Waals surface area contributed by atoms with E-state index in [1.54, 1.807) is 0 Å². The second kappa shape index (κ2) is 4.92. The molecule has 5 rings (SSSR count). The molecule has 0 atom stereocenters. The van der Waals surface area contributed by atoms with Crippen molar-refractivity contribution in [1.29, 1.82) is 0 Å². The average Bonchev–Trinajstić information content (AvgIpc) is 2.57. The molecule has 0 spiro atoms.